The van der Waals surface area contributed by atoms with Crippen LogP contribution in [-0.2, 0) is 4.79 Å². The largest absolute Gasteiger partial charge is 0.357 e. The molecule has 0 heterocycles. The Morgan fingerprint density at radius 2 is 1.83 bits per heavy atom. The van der Waals surface area contributed by atoms with Gasteiger partial charge in [-0.15, -0.1) is 0 Å². The lowest BCUT2D eigenvalue weighted by atomic mass is 9.96. The Labute approximate surface area is 140 Å². The lowest BCUT2D eigenvalue weighted by Crippen LogP contribution is -2.40. The average molecular weight is 318 g/mol. The molecule has 1 aromatic carbocycles. The third-order valence-corrected chi connectivity index (χ3v) is 3.35. The van der Waals surface area contributed by atoms with Gasteiger partial charge in [-0.1, -0.05) is 51.1 Å². The summed E-state index contributed by atoms with van der Waals surface area (Å²) in [6.07, 6.45) is 0. The van der Waals surface area contributed by atoms with Gasteiger partial charge in [0.1, 0.15) is 0 Å². The van der Waals surface area contributed by atoms with Crippen molar-refractivity contribution in [1.82, 2.24) is 16.0 Å². The van der Waals surface area contributed by atoms with E-state index in [2.05, 4.69) is 40.0 Å². The van der Waals surface area contributed by atoms with Gasteiger partial charge < -0.3 is 16.0 Å². The molecular weight excluding hydrogens is 288 g/mol. The zero-order chi connectivity index (χ0) is 17.3. The Balaban J connectivity index is 2.52. The molecule has 0 saturated carbocycles. The van der Waals surface area contributed by atoms with E-state index in [0.717, 1.165) is 12.5 Å². The van der Waals surface area contributed by atoms with Crippen LogP contribution in [0.4, 0.5) is 0 Å². The first-order valence-electron chi connectivity index (χ1n) is 8.22. The third kappa shape index (κ3) is 7.17. The summed E-state index contributed by atoms with van der Waals surface area (Å²) in [5.41, 5.74) is 0.841. The van der Waals surface area contributed by atoms with Crippen LogP contribution in [0.15, 0.2) is 35.3 Å². The van der Waals surface area contributed by atoms with Crippen molar-refractivity contribution in [1.29, 1.82) is 0 Å². The van der Waals surface area contributed by atoms with Crippen molar-refractivity contribution >= 4 is 11.9 Å². The molecule has 1 rings (SSSR count). The molecule has 0 aliphatic carbocycles. The van der Waals surface area contributed by atoms with Gasteiger partial charge in [-0.2, -0.15) is 0 Å². The zero-order valence-electron chi connectivity index (χ0n) is 14.9. The van der Waals surface area contributed by atoms with Gasteiger partial charge in [-0.25, -0.2) is 0 Å². The smallest absolute Gasteiger partial charge is 0.225 e. The Hall–Kier alpha value is -2.04. The van der Waals surface area contributed by atoms with Crippen molar-refractivity contribution in [3.05, 3.63) is 35.9 Å². The van der Waals surface area contributed by atoms with Crippen LogP contribution in [0.1, 0.15) is 46.2 Å². The van der Waals surface area contributed by atoms with Crippen molar-refractivity contribution in [3.8, 4) is 0 Å². The van der Waals surface area contributed by atoms with E-state index in [4.69, 9.17) is 0 Å². The summed E-state index contributed by atoms with van der Waals surface area (Å²) in [5.74, 6) is 0.803. The number of benzene rings is 1. The molecule has 0 aliphatic rings. The van der Waals surface area contributed by atoms with E-state index in [9.17, 15) is 4.79 Å². The number of amides is 1. The Kier molecular flexibility index (Phi) is 7.59. The van der Waals surface area contributed by atoms with Crippen LogP contribution < -0.4 is 16.0 Å². The summed E-state index contributed by atoms with van der Waals surface area (Å²) in [6, 6.07) is 10.4. The van der Waals surface area contributed by atoms with E-state index >= 15 is 0 Å². The predicted octanol–water partition coefficient (Wildman–Crippen LogP) is 2.46. The predicted molar refractivity (Wildman–Crippen MR) is 96.4 cm³/mol. The maximum atomic E-state index is 11.8. The normalized spacial score (nSPS) is 13.3. The molecule has 0 aliphatic heterocycles. The lowest BCUT2D eigenvalue weighted by molar-refractivity contribution is -0.128. The number of carbonyl (C=O) groups excluding carboxylic acids is 1. The molecule has 0 bridgehead atoms. The van der Waals surface area contributed by atoms with Gasteiger partial charge in [0.25, 0.3) is 0 Å². The van der Waals surface area contributed by atoms with Crippen molar-refractivity contribution in [2.24, 2.45) is 10.4 Å². The van der Waals surface area contributed by atoms with Crippen LogP contribution in [-0.4, -0.2) is 31.5 Å². The van der Waals surface area contributed by atoms with Gasteiger partial charge in [-0.05, 0) is 19.4 Å². The van der Waals surface area contributed by atoms with E-state index < -0.39 is 0 Å². The zero-order valence-corrected chi connectivity index (χ0v) is 14.9. The molecule has 5 nitrogen and oxygen atoms in total. The Bertz CT molecular complexity index is 506. The summed E-state index contributed by atoms with van der Waals surface area (Å²) >= 11 is 0. The monoisotopic (exact) mass is 318 g/mol. The molecule has 0 aromatic heterocycles. The molecule has 1 aromatic rings. The van der Waals surface area contributed by atoms with Gasteiger partial charge >= 0.3 is 0 Å². The highest BCUT2D eigenvalue weighted by atomic mass is 16.2. The molecule has 128 valence electrons. The van der Waals surface area contributed by atoms with Gasteiger partial charge in [0.05, 0.1) is 12.6 Å². The number of nitrogens with one attached hydrogen (secondary N) is 3. The summed E-state index contributed by atoms with van der Waals surface area (Å²) in [7, 11) is 0. The molecule has 23 heavy (non-hydrogen) atoms. The standard InChI is InChI=1S/C18H30N4O/c1-6-19-17(21-13-12-20-16(23)18(3,4)5)22-14(2)15-10-8-7-9-11-15/h7-11,14H,6,12-13H2,1-5H3,(H,20,23)(H2,19,21,22). The van der Waals surface area contributed by atoms with Crippen LogP contribution in [0.25, 0.3) is 0 Å². The number of aliphatic imine (C=N–C) groups is 1. The first kappa shape index (κ1) is 19.0. The minimum absolute atomic E-state index is 0.0447. The summed E-state index contributed by atoms with van der Waals surface area (Å²) in [6.45, 7) is 11.7. The quantitative estimate of drug-likeness (QED) is 0.429. The maximum Gasteiger partial charge on any atom is 0.225 e. The summed E-state index contributed by atoms with van der Waals surface area (Å²) in [4.78, 5) is 16.3. The van der Waals surface area contributed by atoms with E-state index in [1.54, 1.807) is 0 Å². The van der Waals surface area contributed by atoms with Crippen LogP contribution in [0, 0.1) is 5.41 Å². The van der Waals surface area contributed by atoms with Crippen LogP contribution in [0.2, 0.25) is 0 Å². The summed E-state index contributed by atoms with van der Waals surface area (Å²) in [5, 5.41) is 9.51. The fourth-order valence-corrected chi connectivity index (χ4v) is 1.95. The Morgan fingerprint density at radius 1 is 1.17 bits per heavy atom. The molecule has 1 unspecified atom stereocenters. The number of nitrogens with zero attached hydrogens (tertiary/aromatic N) is 1. The molecule has 0 saturated heterocycles. The highest BCUT2D eigenvalue weighted by Gasteiger charge is 2.20. The molecule has 0 spiro atoms. The number of carbonyl (C=O) groups is 1. The van der Waals surface area contributed by atoms with Gasteiger partial charge in [-0.3, -0.25) is 9.79 Å². The second kappa shape index (κ2) is 9.18. The highest BCUT2D eigenvalue weighted by molar-refractivity contribution is 5.81. The van der Waals surface area contributed by atoms with Crippen LogP contribution >= 0.6 is 0 Å². The Morgan fingerprint density at radius 3 is 2.39 bits per heavy atom. The van der Waals surface area contributed by atoms with E-state index in [0.29, 0.717) is 13.1 Å². The topological polar surface area (TPSA) is 65.5 Å². The molecule has 1 amide bonds. The number of rotatable bonds is 6. The lowest BCUT2D eigenvalue weighted by Gasteiger charge is -2.19. The first-order valence-corrected chi connectivity index (χ1v) is 8.22. The van der Waals surface area contributed by atoms with Crippen LogP contribution in [0.3, 0.4) is 0 Å². The van der Waals surface area contributed by atoms with Gasteiger partial charge in [0.15, 0.2) is 5.96 Å². The first-order chi connectivity index (χ1) is 10.8. The average Bonchev–Trinajstić information content (AvgIpc) is 2.51. The van der Waals surface area contributed by atoms with Crippen LogP contribution in [0.5, 0.6) is 0 Å². The fourth-order valence-electron chi connectivity index (χ4n) is 1.95. The minimum Gasteiger partial charge on any atom is -0.357 e. The van der Waals surface area contributed by atoms with Crippen molar-refractivity contribution in [2.75, 3.05) is 19.6 Å². The number of hydrogen-bond donors (Lipinski definition) is 3. The second-order valence-corrected chi connectivity index (χ2v) is 6.54. The molecule has 3 N–H and O–H groups in total. The third-order valence-electron chi connectivity index (χ3n) is 3.35. The van der Waals surface area contributed by atoms with Crippen molar-refractivity contribution in [2.45, 2.75) is 40.7 Å². The molecular formula is C18H30N4O. The molecule has 1 atom stereocenters. The molecule has 0 radical (unpaired) electrons. The second-order valence-electron chi connectivity index (χ2n) is 6.54. The SMILES string of the molecule is CCNC(=NCCNC(=O)C(C)(C)C)NC(C)c1ccccc1. The molecule has 0 fully saturated rings. The highest BCUT2D eigenvalue weighted by Crippen LogP contribution is 2.12. The number of guanidine groups is 1. The summed E-state index contributed by atoms with van der Waals surface area (Å²) < 4.78 is 0. The molecule has 5 heteroatoms. The van der Waals surface area contributed by atoms with Crippen molar-refractivity contribution in [3.63, 3.8) is 0 Å². The number of hydrogen-bond acceptors (Lipinski definition) is 2. The van der Waals surface area contributed by atoms with E-state index in [1.807, 2.05) is 45.9 Å². The van der Waals surface area contributed by atoms with Gasteiger partial charge in [0.2, 0.25) is 5.91 Å². The fraction of sp³-hybridized carbons (Fsp3) is 0.556. The minimum atomic E-state index is -0.367. The van der Waals surface area contributed by atoms with Gasteiger partial charge in [0, 0.05) is 18.5 Å². The van der Waals surface area contributed by atoms with E-state index in [-0.39, 0.29) is 17.4 Å². The maximum absolute atomic E-state index is 11.8. The van der Waals surface area contributed by atoms with Crippen molar-refractivity contribution < 1.29 is 4.79 Å². The van der Waals surface area contributed by atoms with E-state index in [1.165, 1.54) is 5.56 Å².